The normalized spacial score (nSPS) is 10.1. The van der Waals surface area contributed by atoms with Crippen LogP contribution in [0.2, 0.25) is 0 Å². The Kier molecular flexibility index (Phi) is 5.11. The summed E-state index contributed by atoms with van der Waals surface area (Å²) in [6.07, 6.45) is 3.19. The third-order valence-electron chi connectivity index (χ3n) is 3.39. The van der Waals surface area contributed by atoms with Crippen LogP contribution in [0.3, 0.4) is 0 Å². The van der Waals surface area contributed by atoms with Crippen molar-refractivity contribution in [2.45, 2.75) is 0 Å². The van der Waals surface area contributed by atoms with E-state index in [0.717, 1.165) is 17.2 Å². The van der Waals surface area contributed by atoms with E-state index in [1.807, 2.05) is 54.6 Å². The zero-order valence-electron chi connectivity index (χ0n) is 13.6. The summed E-state index contributed by atoms with van der Waals surface area (Å²) in [7, 11) is 0. The van der Waals surface area contributed by atoms with Crippen LogP contribution >= 0.6 is 0 Å². The van der Waals surface area contributed by atoms with Crippen molar-refractivity contribution in [2.24, 2.45) is 0 Å². The molecule has 0 amide bonds. The topological polar surface area (TPSA) is 85.1 Å². The highest BCUT2D eigenvalue weighted by Crippen LogP contribution is 2.27. The molecule has 0 saturated carbocycles. The summed E-state index contributed by atoms with van der Waals surface area (Å²) in [5, 5.41) is 6.25. The summed E-state index contributed by atoms with van der Waals surface area (Å²) in [6.45, 7) is 4.24. The lowest BCUT2D eigenvalue weighted by Crippen LogP contribution is -2.07. The molecule has 0 spiro atoms. The lowest BCUT2D eigenvalue weighted by atomic mass is 10.3. The van der Waals surface area contributed by atoms with Crippen LogP contribution in [-0.4, -0.2) is 16.5 Å². The molecule has 3 rings (SSSR count). The van der Waals surface area contributed by atoms with Gasteiger partial charge in [0.2, 0.25) is 0 Å². The Balaban J connectivity index is 1.70. The molecule has 4 N–H and O–H groups in total. The first kappa shape index (κ1) is 16.3. The maximum Gasteiger partial charge on any atom is 0.159 e. The third-order valence-corrected chi connectivity index (χ3v) is 3.39. The van der Waals surface area contributed by atoms with E-state index in [2.05, 4.69) is 27.2 Å². The van der Waals surface area contributed by atoms with Crippen molar-refractivity contribution in [3.8, 4) is 11.5 Å². The number of para-hydroxylation sites is 1. The lowest BCUT2D eigenvalue weighted by molar-refractivity contribution is 0.483. The number of nitrogen functional groups attached to an aromatic ring is 1. The van der Waals surface area contributed by atoms with Gasteiger partial charge in [0.25, 0.3) is 0 Å². The highest BCUT2D eigenvalue weighted by atomic mass is 16.5. The average Bonchev–Trinajstić information content (AvgIpc) is 2.65. The Bertz CT molecular complexity index is 834. The predicted molar refractivity (Wildman–Crippen MR) is 101 cm³/mol. The molecule has 0 aliphatic carbocycles. The minimum absolute atomic E-state index is 0.453. The molecule has 3 aromatic rings. The standard InChI is InChI=1S/C19H19N5O/c1-2-12-21-18-17(20)19(23-13-22-18)24-14-8-10-16(11-9-14)25-15-6-4-3-5-7-15/h2-11,13H,1,12,20H2,(H2,21,22,23,24). The van der Waals surface area contributed by atoms with E-state index in [1.54, 1.807) is 6.08 Å². The maximum absolute atomic E-state index is 6.10. The SMILES string of the molecule is C=CCNc1ncnc(Nc2ccc(Oc3ccccc3)cc2)c1N. The first-order chi connectivity index (χ1) is 12.3. The number of nitrogens with two attached hydrogens (primary N) is 1. The second-order valence-electron chi connectivity index (χ2n) is 5.22. The lowest BCUT2D eigenvalue weighted by Gasteiger charge is -2.12. The molecule has 1 aromatic heterocycles. The minimum atomic E-state index is 0.453. The van der Waals surface area contributed by atoms with Gasteiger partial charge in [-0.15, -0.1) is 6.58 Å². The fourth-order valence-corrected chi connectivity index (χ4v) is 2.17. The molecule has 0 unspecified atom stereocenters. The molecule has 0 fully saturated rings. The smallest absolute Gasteiger partial charge is 0.159 e. The second kappa shape index (κ2) is 7.83. The number of nitrogens with one attached hydrogen (secondary N) is 2. The van der Waals surface area contributed by atoms with Crippen LogP contribution < -0.4 is 21.1 Å². The van der Waals surface area contributed by atoms with Gasteiger partial charge in [0.05, 0.1) is 0 Å². The Morgan fingerprint density at radius 3 is 2.36 bits per heavy atom. The largest absolute Gasteiger partial charge is 0.457 e. The fraction of sp³-hybridized carbons (Fsp3) is 0.0526. The van der Waals surface area contributed by atoms with Crippen LogP contribution in [0, 0.1) is 0 Å². The second-order valence-corrected chi connectivity index (χ2v) is 5.22. The molecule has 0 saturated heterocycles. The van der Waals surface area contributed by atoms with E-state index in [0.29, 0.717) is 23.9 Å². The Labute approximate surface area is 146 Å². The third kappa shape index (κ3) is 4.26. The zero-order valence-corrected chi connectivity index (χ0v) is 13.6. The van der Waals surface area contributed by atoms with Crippen LogP contribution in [0.15, 0.2) is 73.6 Å². The van der Waals surface area contributed by atoms with Gasteiger partial charge in [-0.05, 0) is 36.4 Å². The van der Waals surface area contributed by atoms with Crippen LogP contribution in [-0.2, 0) is 0 Å². The van der Waals surface area contributed by atoms with Gasteiger partial charge in [-0.2, -0.15) is 0 Å². The fourth-order valence-electron chi connectivity index (χ4n) is 2.17. The summed E-state index contributed by atoms with van der Waals surface area (Å²) in [5.74, 6) is 2.65. The Morgan fingerprint density at radius 1 is 0.960 bits per heavy atom. The number of rotatable bonds is 7. The van der Waals surface area contributed by atoms with E-state index in [4.69, 9.17) is 10.5 Å². The summed E-state index contributed by atoms with van der Waals surface area (Å²) in [5.41, 5.74) is 7.40. The Morgan fingerprint density at radius 2 is 1.64 bits per heavy atom. The van der Waals surface area contributed by atoms with E-state index in [9.17, 15) is 0 Å². The molecule has 1 heterocycles. The van der Waals surface area contributed by atoms with Crippen molar-refractivity contribution in [3.05, 3.63) is 73.6 Å². The number of aromatic nitrogens is 2. The summed E-state index contributed by atoms with van der Waals surface area (Å²) >= 11 is 0. The molecule has 6 nitrogen and oxygen atoms in total. The number of anilines is 4. The van der Waals surface area contributed by atoms with Gasteiger partial charge in [-0.1, -0.05) is 24.3 Å². The van der Waals surface area contributed by atoms with Crippen molar-refractivity contribution < 1.29 is 4.74 Å². The average molecular weight is 333 g/mol. The predicted octanol–water partition coefficient (Wildman–Crippen LogP) is 4.19. The highest BCUT2D eigenvalue weighted by Gasteiger charge is 2.07. The summed E-state index contributed by atoms with van der Waals surface area (Å²) in [4.78, 5) is 8.31. The van der Waals surface area contributed by atoms with Crippen molar-refractivity contribution in [3.63, 3.8) is 0 Å². The van der Waals surface area contributed by atoms with Crippen molar-refractivity contribution >= 4 is 23.0 Å². The molecule has 2 aromatic carbocycles. The number of hydrogen-bond donors (Lipinski definition) is 3. The van der Waals surface area contributed by atoms with Crippen LogP contribution in [0.4, 0.5) is 23.0 Å². The number of ether oxygens (including phenoxy) is 1. The molecular formula is C19H19N5O. The van der Waals surface area contributed by atoms with Crippen LogP contribution in [0.25, 0.3) is 0 Å². The molecular weight excluding hydrogens is 314 g/mol. The van der Waals surface area contributed by atoms with Crippen LogP contribution in [0.1, 0.15) is 0 Å². The van der Waals surface area contributed by atoms with E-state index in [-0.39, 0.29) is 0 Å². The first-order valence-corrected chi connectivity index (χ1v) is 7.81. The van der Waals surface area contributed by atoms with Gasteiger partial charge in [0, 0.05) is 12.2 Å². The number of hydrogen-bond acceptors (Lipinski definition) is 6. The molecule has 0 aliphatic rings. The van der Waals surface area contributed by atoms with Crippen molar-refractivity contribution in [1.82, 2.24) is 9.97 Å². The van der Waals surface area contributed by atoms with E-state index < -0.39 is 0 Å². The molecule has 0 aliphatic heterocycles. The Hall–Kier alpha value is -3.54. The summed E-state index contributed by atoms with van der Waals surface area (Å²) in [6, 6.07) is 17.2. The maximum atomic E-state index is 6.10. The molecule has 6 heteroatoms. The number of benzene rings is 2. The van der Waals surface area contributed by atoms with Gasteiger partial charge in [-0.3, -0.25) is 0 Å². The van der Waals surface area contributed by atoms with Gasteiger partial charge in [-0.25, -0.2) is 9.97 Å². The van der Waals surface area contributed by atoms with Crippen LogP contribution in [0.5, 0.6) is 11.5 Å². The highest BCUT2D eigenvalue weighted by molar-refractivity contribution is 5.77. The van der Waals surface area contributed by atoms with Crippen molar-refractivity contribution in [2.75, 3.05) is 22.9 Å². The zero-order chi connectivity index (χ0) is 17.5. The van der Waals surface area contributed by atoms with Gasteiger partial charge in [0.1, 0.15) is 23.5 Å². The molecule has 0 bridgehead atoms. The van der Waals surface area contributed by atoms with E-state index in [1.165, 1.54) is 6.33 Å². The minimum Gasteiger partial charge on any atom is -0.457 e. The first-order valence-electron chi connectivity index (χ1n) is 7.81. The van der Waals surface area contributed by atoms with Gasteiger partial charge < -0.3 is 21.1 Å². The monoisotopic (exact) mass is 333 g/mol. The van der Waals surface area contributed by atoms with E-state index >= 15 is 0 Å². The molecule has 0 radical (unpaired) electrons. The quantitative estimate of drug-likeness (QED) is 0.562. The van der Waals surface area contributed by atoms with Gasteiger partial charge >= 0.3 is 0 Å². The number of nitrogens with zero attached hydrogens (tertiary/aromatic N) is 2. The summed E-state index contributed by atoms with van der Waals surface area (Å²) < 4.78 is 5.77. The molecule has 126 valence electrons. The molecule has 25 heavy (non-hydrogen) atoms. The van der Waals surface area contributed by atoms with Gasteiger partial charge in [0.15, 0.2) is 11.6 Å². The van der Waals surface area contributed by atoms with Crippen molar-refractivity contribution in [1.29, 1.82) is 0 Å². The molecule has 0 atom stereocenters.